The van der Waals surface area contributed by atoms with Crippen molar-refractivity contribution in [3.63, 3.8) is 0 Å². The summed E-state index contributed by atoms with van der Waals surface area (Å²) in [5, 5.41) is 12.0. The first-order valence-corrected chi connectivity index (χ1v) is 13.7. The van der Waals surface area contributed by atoms with Gasteiger partial charge in [-0.25, -0.2) is 4.79 Å². The summed E-state index contributed by atoms with van der Waals surface area (Å²) in [5.74, 6) is 0.441. The fourth-order valence-corrected chi connectivity index (χ4v) is 7.10. The molecule has 8 nitrogen and oxygen atoms in total. The fraction of sp³-hybridized carbons (Fsp3) is 0.679. The third-order valence-electron chi connectivity index (χ3n) is 9.38. The molecule has 5 fully saturated rings. The molecule has 1 unspecified atom stereocenters. The summed E-state index contributed by atoms with van der Waals surface area (Å²) in [4.78, 5) is 27.1. The highest BCUT2D eigenvalue weighted by atomic mass is 16.7. The van der Waals surface area contributed by atoms with Gasteiger partial charge in [-0.05, 0) is 68.3 Å². The Bertz CT molecular complexity index is 1050. The molecule has 3 saturated carbocycles. The number of amides is 2. The van der Waals surface area contributed by atoms with Crippen LogP contribution in [0, 0.1) is 28.6 Å². The summed E-state index contributed by atoms with van der Waals surface area (Å²) in [5.41, 5.74) is 0.943. The molecule has 1 aromatic carbocycles. The van der Waals surface area contributed by atoms with Crippen molar-refractivity contribution in [3.8, 4) is 6.07 Å². The van der Waals surface area contributed by atoms with E-state index in [1.165, 1.54) is 0 Å². The Hall–Kier alpha value is -2.57. The Kier molecular flexibility index (Phi) is 7.25. The monoisotopic (exact) mass is 507 g/mol. The zero-order chi connectivity index (χ0) is 26.2. The van der Waals surface area contributed by atoms with E-state index in [4.69, 9.17) is 19.3 Å². The van der Waals surface area contributed by atoms with E-state index in [9.17, 15) is 9.59 Å². The summed E-state index contributed by atoms with van der Waals surface area (Å²) in [6.45, 7) is 7.74. The van der Waals surface area contributed by atoms with Gasteiger partial charge >= 0.3 is 13.2 Å². The van der Waals surface area contributed by atoms with Gasteiger partial charge in [0.1, 0.15) is 12.5 Å². The lowest BCUT2D eigenvalue weighted by molar-refractivity contribution is -0.199. The maximum atomic E-state index is 13.2. The lowest BCUT2D eigenvalue weighted by Gasteiger charge is -2.64. The zero-order valence-electron chi connectivity index (χ0n) is 22.2. The minimum Gasteiger partial charge on any atom is -0.444 e. The number of hydrogen-bond donors (Lipinski definition) is 1. The number of nitriles is 1. The maximum absolute atomic E-state index is 13.2. The van der Waals surface area contributed by atoms with Crippen LogP contribution in [0.5, 0.6) is 0 Å². The van der Waals surface area contributed by atoms with Crippen LogP contribution in [0.4, 0.5) is 4.79 Å². The molecular weight excluding hydrogens is 469 g/mol. The highest BCUT2D eigenvalue weighted by Crippen LogP contribution is 2.65. The van der Waals surface area contributed by atoms with Crippen molar-refractivity contribution >= 4 is 19.1 Å². The predicted octanol–water partition coefficient (Wildman–Crippen LogP) is 3.89. The Labute approximate surface area is 220 Å². The third-order valence-corrected chi connectivity index (χ3v) is 9.38. The van der Waals surface area contributed by atoms with Gasteiger partial charge in [-0.2, -0.15) is 5.26 Å². The van der Waals surface area contributed by atoms with Crippen molar-refractivity contribution in [1.82, 2.24) is 10.2 Å². The van der Waals surface area contributed by atoms with E-state index in [0.717, 1.165) is 31.2 Å². The van der Waals surface area contributed by atoms with Gasteiger partial charge < -0.3 is 24.3 Å². The number of benzene rings is 1. The molecule has 0 spiro atoms. The predicted molar refractivity (Wildman–Crippen MR) is 138 cm³/mol. The molecule has 0 aromatic heterocycles. The van der Waals surface area contributed by atoms with Gasteiger partial charge in [-0.15, -0.1) is 0 Å². The smallest absolute Gasteiger partial charge is 0.444 e. The Morgan fingerprint density at radius 2 is 2.03 bits per heavy atom. The lowest BCUT2D eigenvalue weighted by atomic mass is 9.43. The van der Waals surface area contributed by atoms with Gasteiger partial charge in [0.05, 0.1) is 30.3 Å². The van der Waals surface area contributed by atoms with Crippen LogP contribution >= 0.6 is 0 Å². The summed E-state index contributed by atoms with van der Waals surface area (Å²) < 4.78 is 19.0. The van der Waals surface area contributed by atoms with Crippen molar-refractivity contribution in [1.29, 1.82) is 5.26 Å². The Balaban J connectivity index is 1.27. The van der Waals surface area contributed by atoms with E-state index >= 15 is 0 Å². The number of nitrogens with zero attached hydrogens (tertiary/aromatic N) is 2. The minimum atomic E-state index is -0.569. The van der Waals surface area contributed by atoms with Crippen LogP contribution in [0.15, 0.2) is 30.3 Å². The molecule has 5 aliphatic rings. The van der Waals surface area contributed by atoms with Crippen molar-refractivity contribution in [2.75, 3.05) is 13.1 Å². The maximum Gasteiger partial charge on any atom is 0.482 e. The van der Waals surface area contributed by atoms with Crippen LogP contribution in [-0.2, 0) is 25.3 Å². The van der Waals surface area contributed by atoms with Crippen molar-refractivity contribution in [2.24, 2.45) is 17.3 Å². The molecule has 9 heteroatoms. The van der Waals surface area contributed by atoms with Crippen molar-refractivity contribution < 1.29 is 23.6 Å². The standard InChI is InChI=1S/C28H38BN3O5/c1-27(2)20-16-22(27)28(3)23(17-20)36-29(37-28)24(15-19-9-5-4-6-10-19)31-26(34)35-21-11-7-8-14-32(18-21)25(33)12-13-30/h4-6,9-10,20-24H,7-8,11-12,14-18H2,1-3H3,(H,31,34)/t20-,21?,22-,23+,24-,28-/m0/s1. The number of carbonyl (C=O) groups excluding carboxylic acids is 2. The fourth-order valence-electron chi connectivity index (χ4n) is 7.10. The van der Waals surface area contributed by atoms with Crippen LogP contribution < -0.4 is 5.32 Å². The van der Waals surface area contributed by atoms with Crippen LogP contribution in [-0.4, -0.2) is 60.9 Å². The largest absolute Gasteiger partial charge is 0.482 e. The van der Waals surface area contributed by atoms with Gasteiger partial charge in [0.25, 0.3) is 0 Å². The second kappa shape index (κ2) is 10.3. The molecule has 1 N–H and O–H groups in total. The zero-order valence-corrected chi connectivity index (χ0v) is 22.2. The van der Waals surface area contributed by atoms with E-state index in [1.807, 2.05) is 36.4 Å². The Morgan fingerprint density at radius 1 is 1.24 bits per heavy atom. The third kappa shape index (κ3) is 5.11. The van der Waals surface area contributed by atoms with Gasteiger partial charge in [0.15, 0.2) is 0 Å². The summed E-state index contributed by atoms with van der Waals surface area (Å²) in [6, 6.07) is 11.9. The lowest BCUT2D eigenvalue weighted by Crippen LogP contribution is -2.65. The van der Waals surface area contributed by atoms with Crippen molar-refractivity contribution in [3.05, 3.63) is 35.9 Å². The van der Waals surface area contributed by atoms with Gasteiger partial charge in [0.2, 0.25) is 5.91 Å². The van der Waals surface area contributed by atoms with Gasteiger partial charge in [0, 0.05) is 6.54 Å². The molecule has 3 aliphatic carbocycles. The second-order valence-electron chi connectivity index (χ2n) is 12.0. The first-order valence-electron chi connectivity index (χ1n) is 13.7. The SMILES string of the molecule is CC1(C)[C@@H]2C[C@H]3OB([C@H](Cc4ccccc4)NC(=O)OC4CCCCN(C(=O)CC#N)C4)O[C@@]3(C)[C@H]1C2. The molecule has 2 amide bonds. The molecule has 198 valence electrons. The summed E-state index contributed by atoms with van der Waals surface area (Å²) >= 11 is 0. The van der Waals surface area contributed by atoms with Crippen molar-refractivity contribution in [2.45, 2.75) is 89.5 Å². The molecule has 2 saturated heterocycles. The van der Waals surface area contributed by atoms with E-state index in [0.29, 0.717) is 37.8 Å². The summed E-state index contributed by atoms with van der Waals surface area (Å²) in [7, 11) is -0.569. The summed E-state index contributed by atoms with van der Waals surface area (Å²) in [6.07, 6.45) is 3.98. The number of likely N-dealkylation sites (tertiary alicyclic amines) is 1. The van der Waals surface area contributed by atoms with E-state index in [-0.39, 0.29) is 29.4 Å². The molecule has 37 heavy (non-hydrogen) atoms. The van der Waals surface area contributed by atoms with Crippen LogP contribution in [0.1, 0.15) is 64.9 Å². The van der Waals surface area contributed by atoms with E-state index < -0.39 is 25.3 Å². The number of nitrogens with one attached hydrogen (secondary N) is 1. The normalized spacial score (nSPS) is 32.8. The topological polar surface area (TPSA) is 101 Å². The Morgan fingerprint density at radius 3 is 2.76 bits per heavy atom. The molecule has 6 atom stereocenters. The molecule has 2 aliphatic heterocycles. The number of ether oxygens (including phenoxy) is 1. The first-order chi connectivity index (χ1) is 17.7. The van der Waals surface area contributed by atoms with E-state index in [2.05, 4.69) is 26.1 Å². The average molecular weight is 507 g/mol. The average Bonchev–Trinajstić information content (AvgIpc) is 3.06. The minimum absolute atomic E-state index is 0.0203. The highest BCUT2D eigenvalue weighted by Gasteiger charge is 2.68. The van der Waals surface area contributed by atoms with Crippen LogP contribution in [0.25, 0.3) is 0 Å². The number of hydrogen-bond acceptors (Lipinski definition) is 6. The molecule has 0 radical (unpaired) electrons. The molecule has 1 aromatic rings. The van der Waals surface area contributed by atoms with Gasteiger partial charge in [-0.1, -0.05) is 44.2 Å². The second-order valence-corrected chi connectivity index (χ2v) is 12.0. The molecular formula is C28H38BN3O5. The van der Waals surface area contributed by atoms with E-state index in [1.54, 1.807) is 4.90 Å². The highest BCUT2D eigenvalue weighted by molar-refractivity contribution is 6.47. The number of rotatable bonds is 6. The molecule has 2 heterocycles. The van der Waals surface area contributed by atoms with Crippen LogP contribution in [0.2, 0.25) is 0 Å². The first kappa shape index (κ1) is 26.1. The van der Waals surface area contributed by atoms with Gasteiger partial charge in [-0.3, -0.25) is 4.79 Å². The number of alkyl carbamates (subject to hydrolysis) is 1. The molecule has 6 rings (SSSR count). The molecule has 2 bridgehead atoms. The quantitative estimate of drug-likeness (QED) is 0.587. The number of carbonyl (C=O) groups is 2. The van der Waals surface area contributed by atoms with Crippen LogP contribution in [0.3, 0.4) is 0 Å².